The van der Waals surface area contributed by atoms with E-state index in [9.17, 15) is 9.90 Å². The van der Waals surface area contributed by atoms with Gasteiger partial charge in [0.1, 0.15) is 12.2 Å². The summed E-state index contributed by atoms with van der Waals surface area (Å²) in [5.74, 6) is -0.0181. The number of nitrogen functional groups attached to an aromatic ring is 1. The van der Waals surface area contributed by atoms with Gasteiger partial charge < -0.3 is 20.3 Å². The van der Waals surface area contributed by atoms with Gasteiger partial charge in [-0.05, 0) is 32.6 Å². The molecule has 0 spiro atoms. The minimum atomic E-state index is -0.948. The quantitative estimate of drug-likeness (QED) is 0.738. The summed E-state index contributed by atoms with van der Waals surface area (Å²) in [6, 6.07) is 0. The lowest BCUT2D eigenvalue weighted by Gasteiger charge is -2.32. The van der Waals surface area contributed by atoms with Crippen LogP contribution >= 0.6 is 0 Å². The SMILES string of the molecule is CC(C)(C)C[C@H]1O[C@@H](n2cnc3c(=O)[nH]c(N)nc32)[C@@H](O)C1OC(C)(C)C. The number of aromatic amines is 1. The van der Waals surface area contributed by atoms with Crippen LogP contribution in [0.15, 0.2) is 11.1 Å². The third kappa shape index (κ3) is 4.15. The highest BCUT2D eigenvalue weighted by atomic mass is 16.6. The fourth-order valence-electron chi connectivity index (χ4n) is 3.40. The predicted octanol–water partition coefficient (Wildman–Crippen LogP) is 1.58. The Morgan fingerprint density at radius 1 is 1.33 bits per heavy atom. The van der Waals surface area contributed by atoms with E-state index in [1.54, 1.807) is 4.57 Å². The lowest BCUT2D eigenvalue weighted by atomic mass is 9.87. The molecule has 3 heterocycles. The zero-order valence-corrected chi connectivity index (χ0v) is 16.7. The Kier molecular flexibility index (Phi) is 4.82. The van der Waals surface area contributed by atoms with Crippen LogP contribution in [0.2, 0.25) is 0 Å². The first-order valence-electron chi connectivity index (χ1n) is 9.09. The van der Waals surface area contributed by atoms with Crippen molar-refractivity contribution in [1.29, 1.82) is 0 Å². The molecular formula is C18H29N5O4. The highest BCUT2D eigenvalue weighted by Crippen LogP contribution is 2.39. The van der Waals surface area contributed by atoms with Gasteiger partial charge in [0.05, 0.1) is 18.0 Å². The second kappa shape index (κ2) is 6.57. The first kappa shape index (κ1) is 19.8. The maximum absolute atomic E-state index is 12.0. The topological polar surface area (TPSA) is 128 Å². The van der Waals surface area contributed by atoms with Crippen LogP contribution < -0.4 is 11.3 Å². The van der Waals surface area contributed by atoms with E-state index >= 15 is 0 Å². The molecule has 0 amide bonds. The number of nitrogens with zero attached hydrogens (tertiary/aromatic N) is 3. The van der Waals surface area contributed by atoms with Crippen LogP contribution in [0.4, 0.5) is 5.95 Å². The van der Waals surface area contributed by atoms with Gasteiger partial charge in [0.2, 0.25) is 5.95 Å². The number of H-pyrrole nitrogens is 1. The maximum atomic E-state index is 12.0. The molecule has 0 radical (unpaired) electrons. The number of imidazole rings is 1. The molecule has 1 aliphatic rings. The van der Waals surface area contributed by atoms with Crippen molar-refractivity contribution in [3.05, 3.63) is 16.7 Å². The Bertz CT molecular complexity index is 876. The number of nitrogens with two attached hydrogens (primary N) is 1. The normalized spacial score (nSPS) is 26.8. The molecule has 0 aromatic carbocycles. The number of ether oxygens (including phenoxy) is 2. The van der Waals surface area contributed by atoms with Crippen molar-refractivity contribution in [1.82, 2.24) is 19.5 Å². The molecule has 4 N–H and O–H groups in total. The summed E-state index contributed by atoms with van der Waals surface area (Å²) < 4.78 is 13.9. The molecule has 1 unspecified atom stereocenters. The standard InChI is InChI=1S/C18H29N5O4/c1-17(2,3)7-9-12(27-18(4,5)6)11(24)15(26-9)23-8-20-10-13(23)21-16(19)22-14(10)25/h8-9,11-12,15,24H,7H2,1-6H3,(H3,19,21,22,25)/t9-,11+,12?,15-/m1/s1. The lowest BCUT2D eigenvalue weighted by molar-refractivity contribution is -0.117. The van der Waals surface area contributed by atoms with Crippen LogP contribution in [0.25, 0.3) is 11.2 Å². The van der Waals surface area contributed by atoms with Crippen molar-refractivity contribution < 1.29 is 14.6 Å². The van der Waals surface area contributed by atoms with E-state index in [2.05, 4.69) is 35.7 Å². The fraction of sp³-hybridized carbons (Fsp3) is 0.722. The van der Waals surface area contributed by atoms with Crippen LogP contribution in [-0.2, 0) is 9.47 Å². The molecule has 150 valence electrons. The zero-order valence-electron chi connectivity index (χ0n) is 16.7. The van der Waals surface area contributed by atoms with Crippen molar-refractivity contribution in [2.45, 2.75) is 78.1 Å². The van der Waals surface area contributed by atoms with Gasteiger partial charge in [-0.25, -0.2) is 4.98 Å². The molecule has 9 heteroatoms. The number of hydrogen-bond donors (Lipinski definition) is 3. The highest BCUT2D eigenvalue weighted by Gasteiger charge is 2.48. The Hall–Kier alpha value is -1.97. The van der Waals surface area contributed by atoms with Gasteiger partial charge in [0, 0.05) is 0 Å². The zero-order chi connectivity index (χ0) is 20.1. The molecule has 0 saturated carbocycles. The lowest BCUT2D eigenvalue weighted by Crippen LogP contribution is -2.41. The average Bonchev–Trinajstić information content (AvgIpc) is 3.00. The van der Waals surface area contributed by atoms with E-state index < -0.39 is 29.6 Å². The minimum absolute atomic E-state index is 0.0181. The Balaban J connectivity index is 2.00. The first-order chi connectivity index (χ1) is 12.4. The molecule has 0 bridgehead atoms. The Morgan fingerprint density at radius 2 is 2.00 bits per heavy atom. The molecule has 1 fully saturated rings. The number of nitrogens with one attached hydrogen (secondary N) is 1. The van der Waals surface area contributed by atoms with Gasteiger partial charge in [-0.1, -0.05) is 20.8 Å². The number of aromatic nitrogens is 4. The van der Waals surface area contributed by atoms with Crippen LogP contribution in [0.3, 0.4) is 0 Å². The van der Waals surface area contributed by atoms with Crippen LogP contribution in [0.5, 0.6) is 0 Å². The molecule has 1 aliphatic heterocycles. The summed E-state index contributed by atoms with van der Waals surface area (Å²) in [5, 5.41) is 11.0. The summed E-state index contributed by atoms with van der Waals surface area (Å²) in [7, 11) is 0. The van der Waals surface area contributed by atoms with Gasteiger partial charge in [-0.2, -0.15) is 4.98 Å². The molecule has 3 rings (SSSR count). The Labute approximate surface area is 157 Å². The molecule has 0 aliphatic carbocycles. The van der Waals surface area contributed by atoms with E-state index in [1.165, 1.54) is 6.33 Å². The van der Waals surface area contributed by atoms with E-state index in [0.29, 0.717) is 6.42 Å². The second-order valence-electron chi connectivity index (χ2n) is 9.29. The minimum Gasteiger partial charge on any atom is -0.386 e. The maximum Gasteiger partial charge on any atom is 0.280 e. The van der Waals surface area contributed by atoms with E-state index in [-0.39, 0.29) is 28.6 Å². The summed E-state index contributed by atoms with van der Waals surface area (Å²) >= 11 is 0. The van der Waals surface area contributed by atoms with Crippen LogP contribution in [0, 0.1) is 5.41 Å². The average molecular weight is 379 g/mol. The third-order valence-electron chi connectivity index (χ3n) is 4.34. The largest absolute Gasteiger partial charge is 0.386 e. The molecule has 4 atom stereocenters. The predicted molar refractivity (Wildman–Crippen MR) is 101 cm³/mol. The monoisotopic (exact) mass is 379 g/mol. The van der Waals surface area contributed by atoms with E-state index in [1.807, 2.05) is 20.8 Å². The van der Waals surface area contributed by atoms with E-state index in [0.717, 1.165) is 0 Å². The molecule has 2 aromatic heterocycles. The summed E-state index contributed by atoms with van der Waals surface area (Å²) in [6.07, 6.45) is -0.426. The summed E-state index contributed by atoms with van der Waals surface area (Å²) in [4.78, 5) is 22.7. The summed E-state index contributed by atoms with van der Waals surface area (Å²) in [5.41, 5.74) is 5.19. The summed E-state index contributed by atoms with van der Waals surface area (Å²) in [6.45, 7) is 12.1. The molecule has 9 nitrogen and oxygen atoms in total. The van der Waals surface area contributed by atoms with Crippen molar-refractivity contribution in [2.24, 2.45) is 5.41 Å². The second-order valence-corrected chi connectivity index (χ2v) is 9.29. The van der Waals surface area contributed by atoms with Crippen molar-refractivity contribution in [3.63, 3.8) is 0 Å². The van der Waals surface area contributed by atoms with E-state index in [4.69, 9.17) is 15.2 Å². The van der Waals surface area contributed by atoms with Crippen molar-refractivity contribution in [2.75, 3.05) is 5.73 Å². The highest BCUT2D eigenvalue weighted by molar-refractivity contribution is 5.70. The van der Waals surface area contributed by atoms with Gasteiger partial charge in [-0.3, -0.25) is 14.3 Å². The van der Waals surface area contributed by atoms with Gasteiger partial charge in [0.25, 0.3) is 5.56 Å². The molecular weight excluding hydrogens is 350 g/mol. The number of hydrogen-bond acceptors (Lipinski definition) is 7. The van der Waals surface area contributed by atoms with Crippen LogP contribution in [0.1, 0.15) is 54.2 Å². The van der Waals surface area contributed by atoms with Crippen molar-refractivity contribution in [3.8, 4) is 0 Å². The number of aliphatic hydroxyl groups is 1. The van der Waals surface area contributed by atoms with Crippen molar-refractivity contribution >= 4 is 17.1 Å². The van der Waals surface area contributed by atoms with Gasteiger partial charge in [0.15, 0.2) is 17.4 Å². The number of fused-ring (bicyclic) bond motifs is 1. The molecule has 27 heavy (non-hydrogen) atoms. The number of rotatable bonds is 3. The third-order valence-corrected chi connectivity index (χ3v) is 4.34. The molecule has 2 aromatic rings. The van der Waals surface area contributed by atoms with Gasteiger partial charge in [-0.15, -0.1) is 0 Å². The van der Waals surface area contributed by atoms with Crippen LogP contribution in [-0.4, -0.2) is 48.5 Å². The first-order valence-corrected chi connectivity index (χ1v) is 9.09. The van der Waals surface area contributed by atoms with Gasteiger partial charge >= 0.3 is 0 Å². The fourth-order valence-corrected chi connectivity index (χ4v) is 3.40. The smallest absolute Gasteiger partial charge is 0.280 e. The molecule has 1 saturated heterocycles. The Morgan fingerprint density at radius 3 is 2.59 bits per heavy atom. The number of anilines is 1. The number of aliphatic hydroxyl groups excluding tert-OH is 1.